The molecule has 28 heavy (non-hydrogen) atoms. The Morgan fingerprint density at radius 1 is 1.25 bits per heavy atom. The number of halogens is 1. The third kappa shape index (κ3) is 4.32. The van der Waals surface area contributed by atoms with E-state index in [0.29, 0.717) is 35.9 Å². The largest absolute Gasteiger partial charge is 0.331 e. The third-order valence-electron chi connectivity index (χ3n) is 4.29. The van der Waals surface area contributed by atoms with Crippen LogP contribution in [0.1, 0.15) is 28.4 Å². The van der Waals surface area contributed by atoms with Gasteiger partial charge >= 0.3 is 0 Å². The molecule has 2 heterocycles. The molecule has 0 saturated carbocycles. The number of carbonyl (C=O) groups excluding carboxylic acids is 1. The second kappa shape index (κ2) is 8.13. The van der Waals surface area contributed by atoms with Crippen molar-refractivity contribution < 1.29 is 9.83 Å². The molecular formula is C18H17ClN6O3. The number of nitro groups is 1. The second-order valence-electron chi connectivity index (χ2n) is 6.18. The summed E-state index contributed by atoms with van der Waals surface area (Å²) in [4.78, 5) is 29.7. The topological polar surface area (TPSA) is 116 Å². The maximum absolute atomic E-state index is 11.4. The number of nitrogens with one attached hydrogen (secondary N) is 1. The first-order valence-electron chi connectivity index (χ1n) is 8.41. The lowest BCUT2D eigenvalue weighted by Crippen LogP contribution is -2.38. The summed E-state index contributed by atoms with van der Waals surface area (Å²) < 4.78 is 0. The van der Waals surface area contributed by atoms with E-state index in [0.717, 1.165) is 5.56 Å². The van der Waals surface area contributed by atoms with Crippen molar-refractivity contribution in [3.8, 4) is 0 Å². The molecule has 1 saturated heterocycles. The number of amidine groups is 1. The van der Waals surface area contributed by atoms with Gasteiger partial charge in [0.2, 0.25) is 0 Å². The van der Waals surface area contributed by atoms with E-state index in [9.17, 15) is 14.9 Å². The molecule has 0 aliphatic carbocycles. The molecule has 0 spiro atoms. The number of rotatable bonds is 5. The van der Waals surface area contributed by atoms with Crippen LogP contribution < -0.4 is 0 Å². The van der Waals surface area contributed by atoms with Gasteiger partial charge in [-0.05, 0) is 18.6 Å². The molecule has 0 amide bonds. The SMILES string of the molecule is CC(=O)c1ccc(C(=N)N2CCN(Cc3ccc(Cl)nc3)/C2=N/[N+](=O)[O-])cc1. The highest BCUT2D eigenvalue weighted by Gasteiger charge is 2.33. The zero-order valence-corrected chi connectivity index (χ0v) is 15.8. The quantitative estimate of drug-likeness (QED) is 0.206. The molecule has 0 atom stereocenters. The molecule has 2 aromatic rings. The molecule has 0 bridgehead atoms. The number of hydrazone groups is 1. The summed E-state index contributed by atoms with van der Waals surface area (Å²) in [6.07, 6.45) is 1.60. The van der Waals surface area contributed by atoms with Gasteiger partial charge in [0.1, 0.15) is 16.1 Å². The van der Waals surface area contributed by atoms with Crippen LogP contribution in [0.15, 0.2) is 47.7 Å². The lowest BCUT2D eigenvalue weighted by Gasteiger charge is -2.21. The van der Waals surface area contributed by atoms with Gasteiger partial charge in [0, 0.05) is 37.0 Å². The third-order valence-corrected chi connectivity index (χ3v) is 4.51. The molecule has 1 aliphatic rings. The number of nitrogens with zero attached hydrogens (tertiary/aromatic N) is 5. The standard InChI is InChI=1S/C18H17ClN6O3/c1-12(26)14-3-5-15(6-4-14)17(20)24-9-8-23(18(24)22-25(27)28)11-13-2-7-16(19)21-10-13/h2-7,10,20H,8-9,11H2,1H3/b20-17?,22-18-. The number of carbonyl (C=O) groups is 1. The highest BCUT2D eigenvalue weighted by Crippen LogP contribution is 2.18. The van der Waals surface area contributed by atoms with Gasteiger partial charge in [0.15, 0.2) is 10.8 Å². The summed E-state index contributed by atoms with van der Waals surface area (Å²) in [7, 11) is 0. The predicted molar refractivity (Wildman–Crippen MR) is 104 cm³/mol. The molecule has 0 unspecified atom stereocenters. The normalized spacial score (nSPS) is 15.1. The van der Waals surface area contributed by atoms with E-state index in [2.05, 4.69) is 10.1 Å². The minimum absolute atomic E-state index is 0.0717. The van der Waals surface area contributed by atoms with E-state index in [1.54, 1.807) is 47.5 Å². The van der Waals surface area contributed by atoms with Crippen LogP contribution in [0.25, 0.3) is 0 Å². The maximum atomic E-state index is 11.4. The van der Waals surface area contributed by atoms with E-state index in [1.165, 1.54) is 11.8 Å². The molecule has 3 rings (SSSR count). The predicted octanol–water partition coefficient (Wildman–Crippen LogP) is 2.63. The zero-order chi connectivity index (χ0) is 20.3. The Morgan fingerprint density at radius 3 is 2.50 bits per heavy atom. The highest BCUT2D eigenvalue weighted by atomic mass is 35.5. The summed E-state index contributed by atoms with van der Waals surface area (Å²) in [5.41, 5.74) is 1.89. The van der Waals surface area contributed by atoms with Crippen LogP contribution in [0.3, 0.4) is 0 Å². The number of aromatic nitrogens is 1. The number of guanidine groups is 1. The number of hydrogen-bond donors (Lipinski definition) is 1. The smallest absolute Gasteiger partial charge is 0.280 e. The van der Waals surface area contributed by atoms with Crippen molar-refractivity contribution in [2.24, 2.45) is 5.10 Å². The molecule has 1 N–H and O–H groups in total. The average molecular weight is 401 g/mol. The number of Topliss-reactive ketones (excluding diaryl/α,β-unsaturated/α-hetero) is 1. The minimum Gasteiger partial charge on any atom is -0.331 e. The lowest BCUT2D eigenvalue weighted by molar-refractivity contribution is -0.486. The van der Waals surface area contributed by atoms with Gasteiger partial charge in [-0.25, -0.2) is 15.1 Å². The van der Waals surface area contributed by atoms with Crippen LogP contribution in [0, 0.1) is 15.5 Å². The zero-order valence-electron chi connectivity index (χ0n) is 15.0. The first-order chi connectivity index (χ1) is 13.3. The fraction of sp³-hybridized carbons (Fsp3) is 0.222. The molecule has 1 fully saturated rings. The highest BCUT2D eigenvalue weighted by molar-refractivity contribution is 6.29. The molecule has 144 valence electrons. The molecule has 0 radical (unpaired) electrons. The Hall–Kier alpha value is -3.33. The van der Waals surface area contributed by atoms with Gasteiger partial charge < -0.3 is 4.90 Å². The molecule has 1 aliphatic heterocycles. The summed E-state index contributed by atoms with van der Waals surface area (Å²) in [6.45, 7) is 2.65. The fourth-order valence-electron chi connectivity index (χ4n) is 2.88. The maximum Gasteiger partial charge on any atom is 0.280 e. The minimum atomic E-state index is -0.771. The van der Waals surface area contributed by atoms with E-state index >= 15 is 0 Å². The van der Waals surface area contributed by atoms with Gasteiger partial charge in [-0.2, -0.15) is 0 Å². The van der Waals surface area contributed by atoms with Gasteiger partial charge in [-0.15, -0.1) is 0 Å². The fourth-order valence-corrected chi connectivity index (χ4v) is 2.99. The first-order valence-corrected chi connectivity index (χ1v) is 8.79. The Labute approximate surface area is 165 Å². The van der Waals surface area contributed by atoms with Crippen molar-refractivity contribution in [3.05, 3.63) is 74.6 Å². The van der Waals surface area contributed by atoms with Crippen molar-refractivity contribution in [3.63, 3.8) is 0 Å². The Bertz CT molecular complexity index is 943. The van der Waals surface area contributed by atoms with Crippen LogP contribution >= 0.6 is 11.6 Å². The van der Waals surface area contributed by atoms with Gasteiger partial charge in [0.25, 0.3) is 5.96 Å². The van der Waals surface area contributed by atoms with E-state index in [-0.39, 0.29) is 17.6 Å². The van der Waals surface area contributed by atoms with Gasteiger partial charge in [-0.3, -0.25) is 15.1 Å². The van der Waals surface area contributed by atoms with E-state index in [4.69, 9.17) is 17.0 Å². The van der Waals surface area contributed by atoms with Crippen molar-refractivity contribution in [2.75, 3.05) is 13.1 Å². The molecule has 1 aromatic carbocycles. The van der Waals surface area contributed by atoms with Crippen LogP contribution in [-0.4, -0.2) is 50.5 Å². The second-order valence-corrected chi connectivity index (χ2v) is 6.57. The number of benzene rings is 1. The van der Waals surface area contributed by atoms with Crippen LogP contribution in [0.2, 0.25) is 5.15 Å². The first kappa shape index (κ1) is 19.4. The molecule has 1 aromatic heterocycles. The summed E-state index contributed by atoms with van der Waals surface area (Å²) >= 11 is 5.79. The van der Waals surface area contributed by atoms with Crippen LogP contribution in [-0.2, 0) is 6.54 Å². The van der Waals surface area contributed by atoms with Crippen molar-refractivity contribution >= 4 is 29.2 Å². The Morgan fingerprint density at radius 2 is 1.93 bits per heavy atom. The molecule has 10 heteroatoms. The van der Waals surface area contributed by atoms with Crippen molar-refractivity contribution in [1.29, 1.82) is 5.41 Å². The lowest BCUT2D eigenvalue weighted by atomic mass is 10.1. The van der Waals surface area contributed by atoms with E-state index in [1.807, 2.05) is 0 Å². The van der Waals surface area contributed by atoms with Gasteiger partial charge in [-0.1, -0.05) is 41.9 Å². The Balaban J connectivity index is 1.83. The van der Waals surface area contributed by atoms with Gasteiger partial charge in [0.05, 0.1) is 0 Å². The summed E-state index contributed by atoms with van der Waals surface area (Å²) in [5, 5.41) is 22.6. The number of hydrogen-bond acceptors (Lipinski definition) is 5. The van der Waals surface area contributed by atoms with Crippen molar-refractivity contribution in [1.82, 2.24) is 14.8 Å². The van der Waals surface area contributed by atoms with Crippen molar-refractivity contribution in [2.45, 2.75) is 13.5 Å². The number of pyridine rings is 1. The summed E-state index contributed by atoms with van der Waals surface area (Å²) in [6, 6.07) is 9.98. The van der Waals surface area contributed by atoms with Crippen LogP contribution in [0.4, 0.5) is 0 Å². The van der Waals surface area contributed by atoms with E-state index < -0.39 is 5.03 Å². The molecular weight excluding hydrogens is 384 g/mol. The van der Waals surface area contributed by atoms with Crippen LogP contribution in [0.5, 0.6) is 0 Å². The summed E-state index contributed by atoms with van der Waals surface area (Å²) in [5.74, 6) is 0.0885. The average Bonchev–Trinajstić information content (AvgIpc) is 3.04. The number of ketones is 1. The monoisotopic (exact) mass is 400 g/mol. The Kier molecular flexibility index (Phi) is 5.65. The molecule has 9 nitrogen and oxygen atoms in total.